The van der Waals surface area contributed by atoms with Gasteiger partial charge in [-0.1, -0.05) is 13.8 Å². The SMILES string of the molecule is CCCN(CCC)c1cnnc(N2CCOCC2)n1. The molecule has 0 spiro atoms. The Hall–Kier alpha value is -1.43. The Morgan fingerprint density at radius 2 is 1.89 bits per heavy atom. The second-order valence-corrected chi connectivity index (χ2v) is 4.70. The number of rotatable bonds is 6. The van der Waals surface area contributed by atoms with Crippen molar-refractivity contribution in [3.05, 3.63) is 6.20 Å². The van der Waals surface area contributed by atoms with Crippen molar-refractivity contribution in [1.29, 1.82) is 0 Å². The maximum Gasteiger partial charge on any atom is 0.247 e. The molecule has 0 bridgehead atoms. The van der Waals surface area contributed by atoms with E-state index >= 15 is 0 Å². The molecular formula is C13H23N5O. The molecule has 0 aliphatic carbocycles. The molecule has 2 heterocycles. The third-order valence-electron chi connectivity index (χ3n) is 3.14. The van der Waals surface area contributed by atoms with Crippen molar-refractivity contribution in [2.24, 2.45) is 0 Å². The topological polar surface area (TPSA) is 54.4 Å². The summed E-state index contributed by atoms with van der Waals surface area (Å²) in [6.07, 6.45) is 3.98. The number of nitrogens with zero attached hydrogens (tertiary/aromatic N) is 5. The summed E-state index contributed by atoms with van der Waals surface area (Å²) in [4.78, 5) is 9.07. The van der Waals surface area contributed by atoms with Crippen molar-refractivity contribution in [2.45, 2.75) is 26.7 Å². The Morgan fingerprint density at radius 1 is 1.21 bits per heavy atom. The van der Waals surface area contributed by atoms with Crippen LogP contribution < -0.4 is 9.80 Å². The molecule has 0 aromatic carbocycles. The summed E-state index contributed by atoms with van der Waals surface area (Å²) in [5.74, 6) is 1.65. The molecule has 6 nitrogen and oxygen atoms in total. The number of hydrogen-bond acceptors (Lipinski definition) is 6. The first-order valence-electron chi connectivity index (χ1n) is 7.12. The highest BCUT2D eigenvalue weighted by atomic mass is 16.5. The van der Waals surface area contributed by atoms with Crippen molar-refractivity contribution in [2.75, 3.05) is 49.2 Å². The van der Waals surface area contributed by atoms with Gasteiger partial charge in [-0.15, -0.1) is 5.10 Å². The van der Waals surface area contributed by atoms with Crippen LogP contribution in [-0.2, 0) is 4.74 Å². The van der Waals surface area contributed by atoms with Crippen LogP contribution >= 0.6 is 0 Å². The maximum absolute atomic E-state index is 5.35. The van der Waals surface area contributed by atoms with Gasteiger partial charge in [0.05, 0.1) is 19.4 Å². The summed E-state index contributed by atoms with van der Waals surface area (Å²) in [6.45, 7) is 9.53. The number of morpholine rings is 1. The first-order chi connectivity index (χ1) is 9.35. The van der Waals surface area contributed by atoms with Gasteiger partial charge in [-0.25, -0.2) is 0 Å². The molecular weight excluding hydrogens is 242 g/mol. The lowest BCUT2D eigenvalue weighted by Gasteiger charge is -2.28. The molecule has 0 N–H and O–H groups in total. The quantitative estimate of drug-likeness (QED) is 0.773. The van der Waals surface area contributed by atoms with E-state index in [0.717, 1.165) is 64.0 Å². The largest absolute Gasteiger partial charge is 0.378 e. The van der Waals surface area contributed by atoms with Crippen LogP contribution in [0.1, 0.15) is 26.7 Å². The number of aromatic nitrogens is 3. The van der Waals surface area contributed by atoms with Crippen LogP contribution in [0.4, 0.5) is 11.8 Å². The fourth-order valence-corrected chi connectivity index (χ4v) is 2.22. The van der Waals surface area contributed by atoms with Crippen molar-refractivity contribution < 1.29 is 4.74 Å². The highest BCUT2D eigenvalue weighted by Crippen LogP contribution is 2.15. The van der Waals surface area contributed by atoms with E-state index in [1.165, 1.54) is 0 Å². The minimum Gasteiger partial charge on any atom is -0.378 e. The molecule has 0 radical (unpaired) electrons. The lowest BCUT2D eigenvalue weighted by molar-refractivity contribution is 0.122. The summed E-state index contributed by atoms with van der Waals surface area (Å²) in [5.41, 5.74) is 0. The smallest absolute Gasteiger partial charge is 0.247 e. The van der Waals surface area contributed by atoms with Crippen LogP contribution in [0.2, 0.25) is 0 Å². The molecule has 0 atom stereocenters. The van der Waals surface area contributed by atoms with Crippen LogP contribution in [0, 0.1) is 0 Å². The van der Waals surface area contributed by atoms with Gasteiger partial charge < -0.3 is 14.5 Å². The summed E-state index contributed by atoms with van der Waals surface area (Å²) in [6, 6.07) is 0. The van der Waals surface area contributed by atoms with Crippen LogP contribution in [0.25, 0.3) is 0 Å². The lowest BCUT2D eigenvalue weighted by atomic mass is 10.3. The zero-order valence-corrected chi connectivity index (χ0v) is 11.9. The van der Waals surface area contributed by atoms with E-state index in [9.17, 15) is 0 Å². The standard InChI is InChI=1S/C13H23N5O/c1-3-5-17(6-4-2)12-11-14-16-13(15-12)18-7-9-19-10-8-18/h11H,3-10H2,1-2H3. The summed E-state index contributed by atoms with van der Waals surface area (Å²) in [5, 5.41) is 8.26. The molecule has 2 rings (SSSR count). The highest BCUT2D eigenvalue weighted by molar-refractivity contribution is 5.41. The van der Waals surface area contributed by atoms with Crippen LogP contribution in [0.5, 0.6) is 0 Å². The first kappa shape index (κ1) is 14.0. The first-order valence-corrected chi connectivity index (χ1v) is 7.12. The zero-order chi connectivity index (χ0) is 13.5. The molecule has 1 aromatic rings. The van der Waals surface area contributed by atoms with Crippen LogP contribution in [0.3, 0.4) is 0 Å². The second-order valence-electron chi connectivity index (χ2n) is 4.70. The van der Waals surface area contributed by atoms with E-state index in [1.807, 2.05) is 0 Å². The van der Waals surface area contributed by atoms with Crippen molar-refractivity contribution in [3.8, 4) is 0 Å². The molecule has 0 unspecified atom stereocenters. The van der Waals surface area contributed by atoms with Gasteiger partial charge in [0, 0.05) is 26.2 Å². The minimum absolute atomic E-state index is 0.720. The van der Waals surface area contributed by atoms with Gasteiger partial charge in [0.1, 0.15) is 0 Å². The third kappa shape index (κ3) is 3.76. The van der Waals surface area contributed by atoms with Gasteiger partial charge in [-0.3, -0.25) is 0 Å². The Labute approximate surface area is 114 Å². The summed E-state index contributed by atoms with van der Waals surface area (Å²) < 4.78 is 5.35. The van der Waals surface area contributed by atoms with Crippen LogP contribution in [0.15, 0.2) is 6.20 Å². The van der Waals surface area contributed by atoms with E-state index in [2.05, 4.69) is 38.8 Å². The van der Waals surface area contributed by atoms with E-state index in [0.29, 0.717) is 0 Å². The van der Waals surface area contributed by atoms with Gasteiger partial charge in [-0.05, 0) is 12.8 Å². The Balaban J connectivity index is 2.12. The lowest BCUT2D eigenvalue weighted by Crippen LogP contribution is -2.38. The molecule has 0 amide bonds. The zero-order valence-electron chi connectivity index (χ0n) is 11.9. The van der Waals surface area contributed by atoms with E-state index in [1.54, 1.807) is 6.20 Å². The Kier molecular flexibility index (Phi) is 5.32. The second kappa shape index (κ2) is 7.23. The highest BCUT2D eigenvalue weighted by Gasteiger charge is 2.16. The van der Waals surface area contributed by atoms with E-state index < -0.39 is 0 Å². The molecule has 6 heteroatoms. The predicted molar refractivity (Wildman–Crippen MR) is 75.7 cm³/mol. The maximum atomic E-state index is 5.35. The van der Waals surface area contributed by atoms with Gasteiger partial charge in [0.2, 0.25) is 5.95 Å². The Bertz CT molecular complexity index is 375. The Morgan fingerprint density at radius 3 is 2.53 bits per heavy atom. The average Bonchev–Trinajstić information content (AvgIpc) is 2.48. The molecule has 1 aliphatic heterocycles. The minimum atomic E-state index is 0.720. The predicted octanol–water partition coefficient (Wildman–Crippen LogP) is 1.33. The van der Waals surface area contributed by atoms with Gasteiger partial charge in [0.15, 0.2) is 5.82 Å². The molecule has 1 fully saturated rings. The third-order valence-corrected chi connectivity index (χ3v) is 3.14. The number of anilines is 2. The number of hydrogen-bond donors (Lipinski definition) is 0. The van der Waals surface area contributed by atoms with Gasteiger partial charge >= 0.3 is 0 Å². The van der Waals surface area contributed by atoms with Crippen molar-refractivity contribution in [1.82, 2.24) is 15.2 Å². The molecule has 1 aromatic heterocycles. The van der Waals surface area contributed by atoms with E-state index in [-0.39, 0.29) is 0 Å². The number of ether oxygens (including phenoxy) is 1. The molecule has 1 aliphatic rings. The normalized spacial score (nSPS) is 15.6. The van der Waals surface area contributed by atoms with Gasteiger partial charge in [-0.2, -0.15) is 10.1 Å². The van der Waals surface area contributed by atoms with Crippen LogP contribution in [-0.4, -0.2) is 54.6 Å². The summed E-state index contributed by atoms with van der Waals surface area (Å²) >= 11 is 0. The summed E-state index contributed by atoms with van der Waals surface area (Å²) in [7, 11) is 0. The monoisotopic (exact) mass is 265 g/mol. The van der Waals surface area contributed by atoms with E-state index in [4.69, 9.17) is 4.74 Å². The average molecular weight is 265 g/mol. The fourth-order valence-electron chi connectivity index (χ4n) is 2.22. The molecule has 19 heavy (non-hydrogen) atoms. The molecule has 1 saturated heterocycles. The fraction of sp³-hybridized carbons (Fsp3) is 0.769. The van der Waals surface area contributed by atoms with Crippen molar-refractivity contribution >= 4 is 11.8 Å². The van der Waals surface area contributed by atoms with Gasteiger partial charge in [0.25, 0.3) is 0 Å². The molecule has 0 saturated carbocycles. The van der Waals surface area contributed by atoms with Crippen molar-refractivity contribution in [3.63, 3.8) is 0 Å². The molecule has 106 valence electrons.